The number of halogens is 1. The van der Waals surface area contributed by atoms with E-state index in [9.17, 15) is 4.79 Å². The molecule has 0 aliphatic rings. The Bertz CT molecular complexity index is 740. The van der Waals surface area contributed by atoms with E-state index < -0.39 is 5.54 Å². The molecule has 0 radical (unpaired) electrons. The molecule has 0 N–H and O–H groups in total. The highest BCUT2D eigenvalue weighted by Crippen LogP contribution is 2.21. The van der Waals surface area contributed by atoms with Crippen LogP contribution in [0.4, 0.5) is 0 Å². The molecule has 0 unspecified atom stereocenters. The third-order valence-corrected chi connectivity index (χ3v) is 3.76. The molecule has 0 amide bonds. The van der Waals surface area contributed by atoms with Crippen molar-refractivity contribution in [3.8, 4) is 5.75 Å². The second kappa shape index (κ2) is 10.3. The fourth-order valence-corrected chi connectivity index (χ4v) is 2.25. The molecule has 0 bridgehead atoms. The summed E-state index contributed by atoms with van der Waals surface area (Å²) in [5.41, 5.74) is 1.26. The Kier molecular flexibility index (Phi) is 8.82. The second-order valence-corrected chi connectivity index (χ2v) is 7.27. The molecule has 1 rings (SSSR count). The summed E-state index contributed by atoms with van der Waals surface area (Å²) in [4.78, 5) is 12.3. The SMILES string of the molecule is C\C=C/C(=C\C=C(/C)COc1cnn(C(C)(C)C)c(=O)c1Cl)COCC. The average Bonchev–Trinajstić information content (AvgIpc) is 2.57. The molecule has 0 saturated heterocycles. The van der Waals surface area contributed by atoms with Gasteiger partial charge >= 0.3 is 0 Å². The fraction of sp³-hybridized carbons (Fsp3) is 0.500. The zero-order valence-electron chi connectivity index (χ0n) is 16.5. The van der Waals surface area contributed by atoms with Crippen LogP contribution in [-0.4, -0.2) is 29.6 Å². The maximum Gasteiger partial charge on any atom is 0.289 e. The van der Waals surface area contributed by atoms with Crippen LogP contribution in [0.25, 0.3) is 0 Å². The van der Waals surface area contributed by atoms with Crippen molar-refractivity contribution < 1.29 is 9.47 Å². The van der Waals surface area contributed by atoms with E-state index >= 15 is 0 Å². The summed E-state index contributed by atoms with van der Waals surface area (Å²) in [5, 5.41) is 4.20. The smallest absolute Gasteiger partial charge is 0.289 e. The van der Waals surface area contributed by atoms with Gasteiger partial charge in [-0.2, -0.15) is 5.10 Å². The molecule has 0 aliphatic heterocycles. The van der Waals surface area contributed by atoms with Gasteiger partial charge in [0, 0.05) is 6.61 Å². The highest BCUT2D eigenvalue weighted by atomic mass is 35.5. The Morgan fingerprint density at radius 3 is 2.58 bits per heavy atom. The van der Waals surface area contributed by atoms with Gasteiger partial charge in [0.2, 0.25) is 0 Å². The first-order valence-corrected chi connectivity index (χ1v) is 9.06. The highest BCUT2D eigenvalue weighted by Gasteiger charge is 2.19. The molecule has 6 heteroatoms. The number of nitrogens with zero attached hydrogens (tertiary/aromatic N) is 2. The standard InChI is InChI=1S/C20H29ClN2O3/c1-7-9-16(14-25-8-2)11-10-15(3)13-26-17-12-22-23(20(4,5)6)19(24)18(17)21/h7,9-12H,8,13-14H2,1-6H3/b9-7-,15-10+,16-11+. The number of ether oxygens (including phenoxy) is 2. The number of aromatic nitrogens is 2. The summed E-state index contributed by atoms with van der Waals surface area (Å²) in [6.07, 6.45) is 9.42. The Morgan fingerprint density at radius 1 is 1.31 bits per heavy atom. The van der Waals surface area contributed by atoms with E-state index in [0.29, 0.717) is 19.8 Å². The van der Waals surface area contributed by atoms with Crippen LogP contribution in [0.15, 0.2) is 46.4 Å². The van der Waals surface area contributed by atoms with Crippen LogP contribution in [0.5, 0.6) is 5.75 Å². The van der Waals surface area contributed by atoms with Crippen LogP contribution in [0.3, 0.4) is 0 Å². The molecule has 1 aromatic rings. The number of hydrogen-bond donors (Lipinski definition) is 0. The topological polar surface area (TPSA) is 53.4 Å². The quantitative estimate of drug-likeness (QED) is 0.622. The fourth-order valence-electron chi connectivity index (χ4n) is 2.07. The van der Waals surface area contributed by atoms with Gasteiger partial charge in [-0.15, -0.1) is 0 Å². The lowest BCUT2D eigenvalue weighted by Crippen LogP contribution is -2.36. The zero-order chi connectivity index (χ0) is 19.7. The summed E-state index contributed by atoms with van der Waals surface area (Å²) >= 11 is 6.16. The number of allylic oxidation sites excluding steroid dienone is 3. The van der Waals surface area contributed by atoms with Crippen molar-refractivity contribution in [3.63, 3.8) is 0 Å². The lowest BCUT2D eigenvalue weighted by Gasteiger charge is -2.21. The van der Waals surface area contributed by atoms with Crippen molar-refractivity contribution in [2.45, 2.75) is 47.1 Å². The Hall–Kier alpha value is -1.85. The maximum absolute atomic E-state index is 12.3. The summed E-state index contributed by atoms with van der Waals surface area (Å²) < 4.78 is 12.5. The maximum atomic E-state index is 12.3. The highest BCUT2D eigenvalue weighted by molar-refractivity contribution is 6.31. The first kappa shape index (κ1) is 22.2. The van der Waals surface area contributed by atoms with E-state index in [0.717, 1.165) is 11.1 Å². The predicted octanol–water partition coefficient (Wildman–Crippen LogP) is 4.52. The molecule has 0 fully saturated rings. The lowest BCUT2D eigenvalue weighted by atomic mass is 10.1. The summed E-state index contributed by atoms with van der Waals surface area (Å²) in [5.74, 6) is 0.289. The third-order valence-electron chi connectivity index (χ3n) is 3.41. The minimum Gasteiger partial charge on any atom is -0.486 e. The average molecular weight is 381 g/mol. The molecule has 1 heterocycles. The molecule has 0 atom stereocenters. The third kappa shape index (κ3) is 6.81. The molecule has 1 aromatic heterocycles. The zero-order valence-corrected chi connectivity index (χ0v) is 17.3. The van der Waals surface area contributed by atoms with Crippen molar-refractivity contribution in [2.24, 2.45) is 0 Å². The molecule has 0 aliphatic carbocycles. The van der Waals surface area contributed by atoms with Crippen LogP contribution < -0.4 is 10.3 Å². The van der Waals surface area contributed by atoms with Gasteiger partial charge in [0.05, 0.1) is 18.3 Å². The van der Waals surface area contributed by atoms with Crippen LogP contribution in [-0.2, 0) is 10.3 Å². The van der Waals surface area contributed by atoms with Crippen LogP contribution in [0.2, 0.25) is 5.02 Å². The molecule has 144 valence electrons. The molecule has 0 saturated carbocycles. The van der Waals surface area contributed by atoms with Crippen LogP contribution in [0, 0.1) is 0 Å². The normalized spacial score (nSPS) is 13.5. The molecule has 26 heavy (non-hydrogen) atoms. The number of hydrogen-bond acceptors (Lipinski definition) is 4. The first-order chi connectivity index (χ1) is 12.2. The van der Waals surface area contributed by atoms with Gasteiger partial charge in [0.25, 0.3) is 5.56 Å². The number of rotatable bonds is 8. The van der Waals surface area contributed by atoms with Crippen LogP contribution >= 0.6 is 11.6 Å². The predicted molar refractivity (Wildman–Crippen MR) is 107 cm³/mol. The van der Waals surface area contributed by atoms with E-state index in [4.69, 9.17) is 21.1 Å². The molecular weight excluding hydrogens is 352 g/mol. The Balaban J connectivity index is 2.85. The molecule has 5 nitrogen and oxygen atoms in total. The molecular formula is C20H29ClN2O3. The Morgan fingerprint density at radius 2 is 2.00 bits per heavy atom. The van der Waals surface area contributed by atoms with Crippen molar-refractivity contribution >= 4 is 11.6 Å². The molecule has 0 spiro atoms. The van der Waals surface area contributed by atoms with Crippen molar-refractivity contribution in [3.05, 3.63) is 57.0 Å². The van der Waals surface area contributed by atoms with Crippen LogP contribution in [0.1, 0.15) is 41.5 Å². The minimum atomic E-state index is -0.441. The van der Waals surface area contributed by atoms with Gasteiger partial charge in [0.1, 0.15) is 6.61 Å². The van der Waals surface area contributed by atoms with Crippen molar-refractivity contribution in [1.82, 2.24) is 9.78 Å². The van der Waals surface area contributed by atoms with E-state index in [1.165, 1.54) is 10.9 Å². The summed E-state index contributed by atoms with van der Waals surface area (Å²) in [6.45, 7) is 13.1. The van der Waals surface area contributed by atoms with E-state index in [-0.39, 0.29) is 16.3 Å². The van der Waals surface area contributed by atoms with Crippen molar-refractivity contribution in [2.75, 3.05) is 19.8 Å². The Labute approximate surface area is 161 Å². The minimum absolute atomic E-state index is 0.0456. The first-order valence-electron chi connectivity index (χ1n) is 8.68. The van der Waals surface area contributed by atoms with E-state index in [2.05, 4.69) is 5.10 Å². The largest absolute Gasteiger partial charge is 0.486 e. The van der Waals surface area contributed by atoms with Gasteiger partial charge in [-0.3, -0.25) is 4.79 Å². The summed E-state index contributed by atoms with van der Waals surface area (Å²) in [7, 11) is 0. The lowest BCUT2D eigenvalue weighted by molar-refractivity contribution is 0.173. The monoisotopic (exact) mass is 380 g/mol. The second-order valence-electron chi connectivity index (χ2n) is 6.89. The van der Waals surface area contributed by atoms with Gasteiger partial charge in [-0.1, -0.05) is 35.9 Å². The van der Waals surface area contributed by atoms with Gasteiger partial charge in [-0.05, 0) is 52.7 Å². The molecule has 0 aromatic carbocycles. The van der Waals surface area contributed by atoms with E-state index in [1.54, 1.807) is 0 Å². The summed E-state index contributed by atoms with van der Waals surface area (Å²) in [6, 6.07) is 0. The van der Waals surface area contributed by atoms with Crippen molar-refractivity contribution in [1.29, 1.82) is 0 Å². The van der Waals surface area contributed by atoms with E-state index in [1.807, 2.05) is 65.8 Å². The van der Waals surface area contributed by atoms with Gasteiger partial charge < -0.3 is 9.47 Å². The van der Waals surface area contributed by atoms with Gasteiger partial charge in [0.15, 0.2) is 10.8 Å². The van der Waals surface area contributed by atoms with Gasteiger partial charge in [-0.25, -0.2) is 4.68 Å².